The summed E-state index contributed by atoms with van der Waals surface area (Å²) in [4.78, 5) is 12.9. The van der Waals surface area contributed by atoms with Gasteiger partial charge in [-0.25, -0.2) is 9.97 Å². The van der Waals surface area contributed by atoms with Crippen molar-refractivity contribution in [2.24, 2.45) is 5.92 Å². The first-order chi connectivity index (χ1) is 16.1. The van der Waals surface area contributed by atoms with E-state index in [4.69, 9.17) is 9.47 Å². The van der Waals surface area contributed by atoms with Crippen LogP contribution in [0, 0.1) is 5.92 Å². The van der Waals surface area contributed by atoms with E-state index in [9.17, 15) is 0 Å². The number of hydrogen-bond acceptors (Lipinski definition) is 5. The van der Waals surface area contributed by atoms with Crippen LogP contribution in [0.1, 0.15) is 42.5 Å². The number of pyridine rings is 2. The van der Waals surface area contributed by atoms with E-state index in [2.05, 4.69) is 45.5 Å². The zero-order valence-corrected chi connectivity index (χ0v) is 19.9. The Hall–Kier alpha value is -3.41. The molecule has 0 bridgehead atoms. The Morgan fingerprint density at radius 3 is 2.58 bits per heavy atom. The van der Waals surface area contributed by atoms with Gasteiger partial charge in [0.15, 0.2) is 5.65 Å². The first kappa shape index (κ1) is 22.8. The number of aromatic nitrogens is 4. The van der Waals surface area contributed by atoms with Gasteiger partial charge in [-0.3, -0.25) is 4.57 Å². The Bertz CT molecular complexity index is 1200. The maximum atomic E-state index is 5.50. The van der Waals surface area contributed by atoms with Crippen LogP contribution in [0.3, 0.4) is 0 Å². The zero-order chi connectivity index (χ0) is 23.2. The van der Waals surface area contributed by atoms with Crippen molar-refractivity contribution in [2.75, 3.05) is 14.2 Å². The molecule has 0 saturated heterocycles. The average Bonchev–Trinajstić information content (AvgIpc) is 3.21. The lowest BCUT2D eigenvalue weighted by Gasteiger charge is -2.25. The third kappa shape index (κ3) is 5.16. The summed E-state index contributed by atoms with van der Waals surface area (Å²) in [5.41, 5.74) is 7.68. The monoisotopic (exact) mass is 444 g/mol. The van der Waals surface area contributed by atoms with Crippen molar-refractivity contribution in [3.63, 3.8) is 0 Å². The molecule has 3 heterocycles. The third-order valence-corrected chi connectivity index (χ3v) is 6.17. The molecule has 0 aliphatic heterocycles. The van der Waals surface area contributed by atoms with Crippen molar-refractivity contribution in [3.05, 3.63) is 77.1 Å². The van der Waals surface area contributed by atoms with E-state index in [1.165, 1.54) is 36.0 Å². The van der Waals surface area contributed by atoms with Crippen molar-refractivity contribution in [1.29, 1.82) is 0 Å². The first-order valence-electron chi connectivity index (χ1n) is 11.6. The first-order valence-corrected chi connectivity index (χ1v) is 11.6. The molecule has 1 aliphatic carbocycles. The summed E-state index contributed by atoms with van der Waals surface area (Å²) in [5.74, 6) is 1.44. The molecule has 1 aliphatic rings. The molecule has 0 saturated carbocycles. The van der Waals surface area contributed by atoms with Gasteiger partial charge in [0.05, 0.1) is 20.8 Å². The molecule has 0 spiro atoms. The molecule has 0 N–H and O–H groups in total. The topological polar surface area (TPSA) is 62.1 Å². The second-order valence-electron chi connectivity index (χ2n) is 8.50. The average molecular weight is 445 g/mol. The van der Waals surface area contributed by atoms with Crippen molar-refractivity contribution < 1.29 is 9.47 Å². The Morgan fingerprint density at radius 1 is 1.03 bits per heavy atom. The van der Waals surface area contributed by atoms with Gasteiger partial charge >= 0.3 is 0 Å². The molecule has 3 aromatic heterocycles. The van der Waals surface area contributed by atoms with Crippen LogP contribution in [0.25, 0.3) is 11.2 Å². The number of benzene rings is 1. The second kappa shape index (κ2) is 10.5. The van der Waals surface area contributed by atoms with Crippen LogP contribution in [-0.2, 0) is 25.8 Å². The highest BCUT2D eigenvalue weighted by Crippen LogP contribution is 2.30. The van der Waals surface area contributed by atoms with Crippen LogP contribution in [0.2, 0.25) is 0 Å². The van der Waals surface area contributed by atoms with E-state index >= 15 is 0 Å². The van der Waals surface area contributed by atoms with Crippen molar-refractivity contribution in [2.45, 2.75) is 46.1 Å². The van der Waals surface area contributed by atoms with Crippen molar-refractivity contribution in [1.82, 2.24) is 19.5 Å². The van der Waals surface area contributed by atoms with Crippen LogP contribution in [0.15, 0.2) is 54.9 Å². The van der Waals surface area contributed by atoms with Gasteiger partial charge in [0.25, 0.3) is 6.01 Å². The number of methoxy groups -OCH3 is 2. The Morgan fingerprint density at radius 2 is 1.88 bits per heavy atom. The number of rotatable bonds is 5. The summed E-state index contributed by atoms with van der Waals surface area (Å²) in [5, 5.41) is 0. The normalized spacial score (nSPS) is 14.8. The molecular formula is C27H32N4O2. The fraction of sp³-hybridized carbons (Fsp3) is 0.370. The van der Waals surface area contributed by atoms with Gasteiger partial charge in [-0.1, -0.05) is 32.0 Å². The molecule has 33 heavy (non-hydrogen) atoms. The Labute approximate surface area is 195 Å². The Balaban J connectivity index is 0.000000275. The molecule has 1 aromatic carbocycles. The standard InChI is InChI=1S/C21H25N3O.C6H7NO/c1-4-16-11-15(12-17-10-14(2)7-8-18(16)17)13-24-20-19(6-5-9-22-20)23-21(24)25-3;1-8-6-4-2-3-5-7-6/h5-6,9,11-12,14H,4,7-8,10,13H2,1-3H3;2-5H,1H3. The quantitative estimate of drug-likeness (QED) is 0.420. The van der Waals surface area contributed by atoms with E-state index in [-0.39, 0.29) is 0 Å². The SMILES string of the molecule is CCc1cc(Cn2c(OC)nc3cccnc32)cc2c1CCC(C)C2.COc1ccccn1. The molecule has 0 amide bonds. The maximum Gasteiger partial charge on any atom is 0.298 e. The number of imidazole rings is 1. The smallest absolute Gasteiger partial charge is 0.298 e. The maximum absolute atomic E-state index is 5.50. The lowest BCUT2D eigenvalue weighted by molar-refractivity contribution is 0.363. The largest absolute Gasteiger partial charge is 0.481 e. The van der Waals surface area contributed by atoms with Crippen molar-refractivity contribution in [3.8, 4) is 11.9 Å². The highest BCUT2D eigenvalue weighted by molar-refractivity contribution is 5.72. The molecule has 5 rings (SSSR count). The van der Waals surface area contributed by atoms with Crippen LogP contribution in [0.4, 0.5) is 0 Å². The number of aryl methyl sites for hydroxylation is 1. The molecular weight excluding hydrogens is 412 g/mol. The van der Waals surface area contributed by atoms with Gasteiger partial charge in [-0.15, -0.1) is 0 Å². The molecule has 1 unspecified atom stereocenters. The minimum Gasteiger partial charge on any atom is -0.481 e. The number of fused-ring (bicyclic) bond motifs is 2. The molecule has 0 radical (unpaired) electrons. The van der Waals surface area contributed by atoms with Gasteiger partial charge in [-0.05, 0) is 72.1 Å². The van der Waals surface area contributed by atoms with E-state index in [0.717, 1.165) is 30.0 Å². The van der Waals surface area contributed by atoms with E-state index in [0.29, 0.717) is 11.9 Å². The van der Waals surface area contributed by atoms with Crippen LogP contribution in [-0.4, -0.2) is 33.7 Å². The van der Waals surface area contributed by atoms with Crippen molar-refractivity contribution >= 4 is 11.2 Å². The van der Waals surface area contributed by atoms with Gasteiger partial charge in [0, 0.05) is 18.5 Å². The lowest BCUT2D eigenvalue weighted by atomic mass is 9.81. The summed E-state index contributed by atoms with van der Waals surface area (Å²) in [6.07, 6.45) is 8.31. The minimum absolute atomic E-state index is 0.623. The van der Waals surface area contributed by atoms with Crippen LogP contribution in [0.5, 0.6) is 11.9 Å². The summed E-state index contributed by atoms with van der Waals surface area (Å²) < 4.78 is 12.4. The van der Waals surface area contributed by atoms with Gasteiger partial charge in [-0.2, -0.15) is 4.98 Å². The summed E-state index contributed by atoms with van der Waals surface area (Å²) in [6.45, 7) is 5.36. The number of ether oxygens (including phenoxy) is 2. The minimum atomic E-state index is 0.623. The van der Waals surface area contributed by atoms with Crippen LogP contribution < -0.4 is 9.47 Å². The van der Waals surface area contributed by atoms with E-state index in [1.807, 2.05) is 30.5 Å². The molecule has 6 heteroatoms. The number of nitrogens with zero attached hydrogens (tertiary/aromatic N) is 4. The number of hydrogen-bond donors (Lipinski definition) is 0. The Kier molecular flexibility index (Phi) is 7.23. The third-order valence-electron chi connectivity index (χ3n) is 6.17. The fourth-order valence-electron chi connectivity index (χ4n) is 4.53. The van der Waals surface area contributed by atoms with E-state index in [1.54, 1.807) is 32.0 Å². The highest BCUT2D eigenvalue weighted by Gasteiger charge is 2.19. The predicted octanol–water partition coefficient (Wildman–Crippen LogP) is 5.27. The molecule has 1 atom stereocenters. The molecule has 0 fully saturated rings. The molecule has 4 aromatic rings. The predicted molar refractivity (Wildman–Crippen MR) is 131 cm³/mol. The summed E-state index contributed by atoms with van der Waals surface area (Å²) >= 11 is 0. The lowest BCUT2D eigenvalue weighted by Crippen LogP contribution is -2.15. The summed E-state index contributed by atoms with van der Waals surface area (Å²) in [7, 11) is 3.27. The summed E-state index contributed by atoms with van der Waals surface area (Å²) in [6, 6.07) is 14.8. The highest BCUT2D eigenvalue weighted by atomic mass is 16.5. The second-order valence-corrected chi connectivity index (χ2v) is 8.50. The molecule has 172 valence electrons. The van der Waals surface area contributed by atoms with Crippen LogP contribution >= 0.6 is 0 Å². The molecule has 6 nitrogen and oxygen atoms in total. The fourth-order valence-corrected chi connectivity index (χ4v) is 4.53. The van der Waals surface area contributed by atoms with Gasteiger partial charge in [0.2, 0.25) is 5.88 Å². The van der Waals surface area contributed by atoms with Gasteiger partial charge < -0.3 is 9.47 Å². The zero-order valence-electron chi connectivity index (χ0n) is 19.9. The van der Waals surface area contributed by atoms with Gasteiger partial charge in [0.1, 0.15) is 5.52 Å². The van der Waals surface area contributed by atoms with E-state index < -0.39 is 0 Å².